The minimum Gasteiger partial charge on any atom is -0.356 e. The van der Waals surface area contributed by atoms with Gasteiger partial charge < -0.3 is 10.6 Å². The van der Waals surface area contributed by atoms with Crippen LogP contribution in [0.3, 0.4) is 0 Å². The third-order valence-corrected chi connectivity index (χ3v) is 4.76. The van der Waals surface area contributed by atoms with E-state index in [0.29, 0.717) is 0 Å². The van der Waals surface area contributed by atoms with Crippen LogP contribution >= 0.6 is 0 Å². The highest BCUT2D eigenvalue weighted by molar-refractivity contribution is 5.79. The van der Waals surface area contributed by atoms with Gasteiger partial charge in [0.25, 0.3) is 0 Å². The molecule has 142 valence electrons. The first-order chi connectivity index (χ1) is 12.3. The Balaban J connectivity index is 1.86. The summed E-state index contributed by atoms with van der Waals surface area (Å²) in [6.45, 7) is 11.5. The maximum Gasteiger partial charge on any atom is 0.191 e. The summed E-state index contributed by atoms with van der Waals surface area (Å²) in [4.78, 5) is 4.36. The number of aliphatic imine (C=N–C) groups is 1. The first-order valence-electron chi connectivity index (χ1n) is 9.33. The number of hydrogen-bond donors (Lipinski definition) is 2. The molecule has 26 heavy (non-hydrogen) atoms. The molecule has 0 aliphatic heterocycles. The molecular weight excluding hydrogens is 322 g/mol. The second-order valence-corrected chi connectivity index (χ2v) is 7.27. The molecule has 0 fully saturated rings. The topological polar surface area (TPSA) is 54.2 Å². The zero-order valence-corrected chi connectivity index (χ0v) is 17.3. The highest BCUT2D eigenvalue weighted by Gasteiger charge is 2.13. The first-order valence-corrected chi connectivity index (χ1v) is 9.33. The van der Waals surface area contributed by atoms with Crippen molar-refractivity contribution in [2.24, 2.45) is 12.0 Å². The minimum atomic E-state index is 0.281. The number of rotatable bonds is 6. The van der Waals surface area contributed by atoms with Gasteiger partial charge >= 0.3 is 0 Å². The van der Waals surface area contributed by atoms with Crippen molar-refractivity contribution >= 4 is 5.96 Å². The smallest absolute Gasteiger partial charge is 0.191 e. The molecule has 0 radical (unpaired) electrons. The summed E-state index contributed by atoms with van der Waals surface area (Å²) in [6.07, 6.45) is 1.92. The van der Waals surface area contributed by atoms with Gasteiger partial charge in [0.05, 0.1) is 5.69 Å². The Hall–Kier alpha value is -2.30. The van der Waals surface area contributed by atoms with Crippen molar-refractivity contribution in [1.82, 2.24) is 20.4 Å². The molecule has 2 N–H and O–H groups in total. The maximum atomic E-state index is 4.50. The number of nitrogens with one attached hydrogen (secondary N) is 2. The van der Waals surface area contributed by atoms with E-state index in [1.807, 2.05) is 18.8 Å². The normalized spacial score (nSPS) is 13.0. The fourth-order valence-electron chi connectivity index (χ4n) is 3.44. The predicted octanol–water partition coefficient (Wildman–Crippen LogP) is 2.99. The molecule has 2 aromatic rings. The lowest BCUT2D eigenvalue weighted by molar-refractivity contribution is 0.635. The van der Waals surface area contributed by atoms with E-state index in [1.54, 1.807) is 0 Å². The van der Waals surface area contributed by atoms with E-state index in [2.05, 4.69) is 73.5 Å². The van der Waals surface area contributed by atoms with Gasteiger partial charge in [-0.05, 0) is 58.6 Å². The van der Waals surface area contributed by atoms with Gasteiger partial charge in [-0.25, -0.2) is 0 Å². The Morgan fingerprint density at radius 3 is 2.35 bits per heavy atom. The molecule has 1 unspecified atom stereocenters. The van der Waals surface area contributed by atoms with Crippen LogP contribution < -0.4 is 10.6 Å². The Kier molecular flexibility index (Phi) is 6.83. The number of guanidine groups is 1. The molecule has 5 heteroatoms. The summed E-state index contributed by atoms with van der Waals surface area (Å²) in [7, 11) is 3.82. The zero-order valence-electron chi connectivity index (χ0n) is 17.3. The van der Waals surface area contributed by atoms with Gasteiger partial charge in [-0.15, -0.1) is 0 Å². The van der Waals surface area contributed by atoms with Crippen LogP contribution in [0.4, 0.5) is 0 Å². The van der Waals surface area contributed by atoms with Crippen molar-refractivity contribution < 1.29 is 0 Å². The third-order valence-electron chi connectivity index (χ3n) is 4.76. The molecule has 2 rings (SSSR count). The predicted molar refractivity (Wildman–Crippen MR) is 110 cm³/mol. The van der Waals surface area contributed by atoms with Crippen molar-refractivity contribution in [1.29, 1.82) is 0 Å². The standard InChI is InChI=1S/C21H33N5/c1-14-10-15(2)12-19(11-14)8-9-23-21(22-6)24-16(3)13-20-17(4)25-26(7)18(20)5/h10-12,16H,8-9,13H2,1-7H3,(H2,22,23,24). The average molecular weight is 356 g/mol. The quantitative estimate of drug-likeness (QED) is 0.619. The molecule has 1 atom stereocenters. The Labute approximate surface area is 157 Å². The van der Waals surface area contributed by atoms with E-state index in [-0.39, 0.29) is 6.04 Å². The number of benzene rings is 1. The van der Waals surface area contributed by atoms with Crippen LogP contribution in [0.1, 0.15) is 40.6 Å². The van der Waals surface area contributed by atoms with Gasteiger partial charge in [0.2, 0.25) is 0 Å². The van der Waals surface area contributed by atoms with Crippen molar-refractivity contribution in [2.75, 3.05) is 13.6 Å². The van der Waals surface area contributed by atoms with Crippen molar-refractivity contribution in [3.05, 3.63) is 51.8 Å². The van der Waals surface area contributed by atoms with E-state index in [9.17, 15) is 0 Å². The van der Waals surface area contributed by atoms with Crippen LogP contribution in [-0.2, 0) is 19.9 Å². The van der Waals surface area contributed by atoms with Crippen LogP contribution in [0.25, 0.3) is 0 Å². The average Bonchev–Trinajstić information content (AvgIpc) is 2.79. The molecule has 0 saturated heterocycles. The number of aryl methyl sites for hydroxylation is 4. The first kappa shape index (κ1) is 20.0. The summed E-state index contributed by atoms with van der Waals surface area (Å²) in [6, 6.07) is 6.99. The van der Waals surface area contributed by atoms with Crippen LogP contribution in [0.2, 0.25) is 0 Å². The summed E-state index contributed by atoms with van der Waals surface area (Å²) in [5.74, 6) is 0.848. The Morgan fingerprint density at radius 2 is 1.81 bits per heavy atom. The molecular formula is C21H33N5. The molecule has 1 aromatic heterocycles. The monoisotopic (exact) mass is 355 g/mol. The number of hydrogen-bond acceptors (Lipinski definition) is 2. The molecule has 0 amide bonds. The second-order valence-electron chi connectivity index (χ2n) is 7.27. The largest absolute Gasteiger partial charge is 0.356 e. The molecule has 1 aromatic carbocycles. The van der Waals surface area contributed by atoms with E-state index in [4.69, 9.17) is 0 Å². The van der Waals surface area contributed by atoms with Crippen molar-refractivity contribution in [2.45, 2.75) is 53.5 Å². The third kappa shape index (κ3) is 5.35. The minimum absolute atomic E-state index is 0.281. The van der Waals surface area contributed by atoms with Crippen molar-refractivity contribution in [3.63, 3.8) is 0 Å². The Bertz CT molecular complexity index is 753. The lowest BCUT2D eigenvalue weighted by Crippen LogP contribution is -2.43. The SMILES string of the molecule is CN=C(NCCc1cc(C)cc(C)c1)NC(C)Cc1c(C)nn(C)c1C. The van der Waals surface area contributed by atoms with Gasteiger partial charge in [0.1, 0.15) is 0 Å². The molecule has 1 heterocycles. The zero-order chi connectivity index (χ0) is 19.3. The van der Waals surface area contributed by atoms with E-state index >= 15 is 0 Å². The molecule has 0 aliphatic carbocycles. The van der Waals surface area contributed by atoms with Gasteiger partial charge in [-0.3, -0.25) is 9.67 Å². The van der Waals surface area contributed by atoms with E-state index in [0.717, 1.165) is 31.0 Å². The van der Waals surface area contributed by atoms with Crippen LogP contribution in [0.15, 0.2) is 23.2 Å². The fraction of sp³-hybridized carbons (Fsp3) is 0.524. The maximum absolute atomic E-state index is 4.50. The van der Waals surface area contributed by atoms with Gasteiger partial charge in [-0.1, -0.05) is 29.3 Å². The van der Waals surface area contributed by atoms with Gasteiger partial charge in [0, 0.05) is 32.4 Å². The van der Waals surface area contributed by atoms with E-state index in [1.165, 1.54) is 27.9 Å². The summed E-state index contributed by atoms with van der Waals surface area (Å²) in [5, 5.41) is 11.4. The summed E-state index contributed by atoms with van der Waals surface area (Å²) >= 11 is 0. The van der Waals surface area contributed by atoms with Crippen LogP contribution in [0, 0.1) is 27.7 Å². The second kappa shape index (κ2) is 8.88. The highest BCUT2D eigenvalue weighted by Crippen LogP contribution is 2.14. The van der Waals surface area contributed by atoms with Crippen molar-refractivity contribution in [3.8, 4) is 0 Å². The van der Waals surface area contributed by atoms with Gasteiger partial charge in [0.15, 0.2) is 5.96 Å². The Morgan fingerprint density at radius 1 is 1.15 bits per heavy atom. The van der Waals surface area contributed by atoms with Crippen LogP contribution in [0.5, 0.6) is 0 Å². The molecule has 0 saturated carbocycles. The van der Waals surface area contributed by atoms with Crippen LogP contribution in [-0.4, -0.2) is 35.4 Å². The summed E-state index contributed by atoms with van der Waals surface area (Å²) in [5.41, 5.74) is 7.65. The molecule has 5 nitrogen and oxygen atoms in total. The molecule has 0 aliphatic rings. The molecule has 0 bridgehead atoms. The molecule has 0 spiro atoms. The number of aromatic nitrogens is 2. The lowest BCUT2D eigenvalue weighted by atomic mass is 10.1. The number of nitrogens with zero attached hydrogens (tertiary/aromatic N) is 3. The lowest BCUT2D eigenvalue weighted by Gasteiger charge is -2.18. The fourth-order valence-corrected chi connectivity index (χ4v) is 3.44. The van der Waals surface area contributed by atoms with Gasteiger partial charge in [-0.2, -0.15) is 5.10 Å². The highest BCUT2D eigenvalue weighted by atomic mass is 15.3. The summed E-state index contributed by atoms with van der Waals surface area (Å²) < 4.78 is 1.95. The van der Waals surface area contributed by atoms with E-state index < -0.39 is 0 Å².